The van der Waals surface area contributed by atoms with Crippen molar-refractivity contribution in [2.75, 3.05) is 16.9 Å². The standard InChI is InChI=1S/C20H17FN6OS2/c1-12-2-4-13(5-3-12)16-10-29-19(23-16)24-17(28)11-30-20-26-25-18(27(20)22)14-6-8-15(21)9-7-14/h2-10H,11,22H2,1H3,(H,23,24,28). The molecule has 0 unspecified atom stereocenters. The summed E-state index contributed by atoms with van der Waals surface area (Å²) in [4.78, 5) is 16.8. The van der Waals surface area contributed by atoms with Crippen molar-refractivity contribution < 1.29 is 9.18 Å². The number of benzene rings is 2. The number of thioether (sulfide) groups is 1. The molecule has 0 radical (unpaired) electrons. The van der Waals surface area contributed by atoms with Gasteiger partial charge in [0.15, 0.2) is 11.0 Å². The van der Waals surface area contributed by atoms with Crippen molar-refractivity contribution in [3.8, 4) is 22.6 Å². The number of nitrogens with one attached hydrogen (secondary N) is 1. The molecule has 4 rings (SSSR count). The van der Waals surface area contributed by atoms with Gasteiger partial charge < -0.3 is 11.2 Å². The molecule has 0 aliphatic heterocycles. The van der Waals surface area contributed by atoms with Gasteiger partial charge in [0, 0.05) is 16.5 Å². The zero-order valence-electron chi connectivity index (χ0n) is 15.9. The number of nitrogen functional groups attached to an aromatic ring is 1. The molecule has 3 N–H and O–H groups in total. The number of hydrogen-bond donors (Lipinski definition) is 2. The van der Waals surface area contributed by atoms with E-state index in [9.17, 15) is 9.18 Å². The Morgan fingerprint density at radius 3 is 2.57 bits per heavy atom. The van der Waals surface area contributed by atoms with E-state index in [4.69, 9.17) is 5.84 Å². The van der Waals surface area contributed by atoms with E-state index >= 15 is 0 Å². The Kier molecular flexibility index (Phi) is 5.77. The average Bonchev–Trinajstić information content (AvgIpc) is 3.34. The summed E-state index contributed by atoms with van der Waals surface area (Å²) in [5.74, 6) is 5.94. The minimum atomic E-state index is -0.346. The van der Waals surface area contributed by atoms with Gasteiger partial charge in [-0.05, 0) is 31.2 Å². The van der Waals surface area contributed by atoms with Crippen LogP contribution in [0.25, 0.3) is 22.6 Å². The Hall–Kier alpha value is -3.24. The number of rotatable bonds is 6. The largest absolute Gasteiger partial charge is 0.335 e. The molecule has 0 aliphatic carbocycles. The van der Waals surface area contributed by atoms with E-state index in [1.165, 1.54) is 33.7 Å². The van der Waals surface area contributed by atoms with Gasteiger partial charge >= 0.3 is 0 Å². The van der Waals surface area contributed by atoms with Gasteiger partial charge in [-0.15, -0.1) is 21.5 Å². The van der Waals surface area contributed by atoms with Crippen molar-refractivity contribution in [1.29, 1.82) is 0 Å². The van der Waals surface area contributed by atoms with Gasteiger partial charge in [0.05, 0.1) is 11.4 Å². The van der Waals surface area contributed by atoms with E-state index in [0.717, 1.165) is 23.0 Å². The van der Waals surface area contributed by atoms with Crippen LogP contribution in [0.4, 0.5) is 9.52 Å². The minimum absolute atomic E-state index is 0.0954. The topological polar surface area (TPSA) is 98.7 Å². The smallest absolute Gasteiger partial charge is 0.236 e. The van der Waals surface area contributed by atoms with E-state index in [2.05, 4.69) is 20.5 Å². The van der Waals surface area contributed by atoms with Crippen LogP contribution >= 0.6 is 23.1 Å². The van der Waals surface area contributed by atoms with Crippen LogP contribution in [0.15, 0.2) is 59.1 Å². The summed E-state index contributed by atoms with van der Waals surface area (Å²) in [6.07, 6.45) is 0. The van der Waals surface area contributed by atoms with Crippen molar-refractivity contribution in [3.05, 3.63) is 65.3 Å². The molecular weight excluding hydrogens is 423 g/mol. The van der Waals surface area contributed by atoms with Crippen LogP contribution in [0.2, 0.25) is 0 Å². The number of anilines is 1. The van der Waals surface area contributed by atoms with Crippen molar-refractivity contribution in [2.24, 2.45) is 0 Å². The van der Waals surface area contributed by atoms with Gasteiger partial charge in [-0.1, -0.05) is 41.6 Å². The molecule has 4 aromatic rings. The van der Waals surface area contributed by atoms with Crippen molar-refractivity contribution in [3.63, 3.8) is 0 Å². The third-order valence-corrected chi connectivity index (χ3v) is 5.90. The molecule has 7 nitrogen and oxygen atoms in total. The highest BCUT2D eigenvalue weighted by atomic mass is 32.2. The van der Waals surface area contributed by atoms with Crippen molar-refractivity contribution >= 4 is 34.1 Å². The lowest BCUT2D eigenvalue weighted by molar-refractivity contribution is -0.113. The van der Waals surface area contributed by atoms with Gasteiger partial charge in [0.25, 0.3) is 0 Å². The number of carbonyl (C=O) groups excluding carboxylic acids is 1. The first-order valence-electron chi connectivity index (χ1n) is 8.91. The summed E-state index contributed by atoms with van der Waals surface area (Å²) in [6, 6.07) is 13.8. The Balaban J connectivity index is 1.36. The monoisotopic (exact) mass is 440 g/mol. The number of amides is 1. The first-order valence-corrected chi connectivity index (χ1v) is 10.8. The molecule has 1 amide bonds. The summed E-state index contributed by atoms with van der Waals surface area (Å²) in [5.41, 5.74) is 3.62. The summed E-state index contributed by atoms with van der Waals surface area (Å²) in [7, 11) is 0. The summed E-state index contributed by atoms with van der Waals surface area (Å²) >= 11 is 2.52. The second-order valence-electron chi connectivity index (χ2n) is 6.42. The van der Waals surface area contributed by atoms with Gasteiger partial charge in [-0.3, -0.25) is 4.79 Å². The normalized spacial score (nSPS) is 10.9. The zero-order valence-corrected chi connectivity index (χ0v) is 17.5. The molecule has 0 saturated heterocycles. The Morgan fingerprint density at radius 1 is 1.13 bits per heavy atom. The molecule has 2 aromatic heterocycles. The molecular formula is C20H17FN6OS2. The Morgan fingerprint density at radius 2 is 1.83 bits per heavy atom. The van der Waals surface area contributed by atoms with Crippen LogP contribution in [-0.4, -0.2) is 31.5 Å². The summed E-state index contributed by atoms with van der Waals surface area (Å²) in [6.45, 7) is 2.03. The molecule has 0 spiro atoms. The van der Waals surface area contributed by atoms with Crippen LogP contribution < -0.4 is 11.2 Å². The second-order valence-corrected chi connectivity index (χ2v) is 8.22. The fourth-order valence-corrected chi connectivity index (χ4v) is 4.04. The lowest BCUT2D eigenvalue weighted by Gasteiger charge is -2.04. The molecule has 30 heavy (non-hydrogen) atoms. The van der Waals surface area contributed by atoms with Crippen molar-refractivity contribution in [1.82, 2.24) is 19.9 Å². The maximum Gasteiger partial charge on any atom is 0.236 e. The molecule has 0 aliphatic rings. The fraction of sp³-hybridized carbons (Fsp3) is 0.100. The number of aromatic nitrogens is 4. The highest BCUT2D eigenvalue weighted by Gasteiger charge is 2.15. The highest BCUT2D eigenvalue weighted by Crippen LogP contribution is 2.26. The predicted octanol–water partition coefficient (Wildman–Crippen LogP) is 3.96. The van der Waals surface area contributed by atoms with Crippen LogP contribution in [0, 0.1) is 12.7 Å². The summed E-state index contributed by atoms with van der Waals surface area (Å²) < 4.78 is 14.4. The third kappa shape index (κ3) is 4.50. The van der Waals surface area contributed by atoms with Crippen LogP contribution in [0.3, 0.4) is 0 Å². The van der Waals surface area contributed by atoms with E-state index in [1.807, 2.05) is 36.6 Å². The van der Waals surface area contributed by atoms with Crippen LogP contribution in [0.5, 0.6) is 0 Å². The predicted molar refractivity (Wildman–Crippen MR) is 117 cm³/mol. The fourth-order valence-electron chi connectivity index (χ4n) is 2.64. The molecule has 2 aromatic carbocycles. The first-order chi connectivity index (χ1) is 14.5. The number of halogens is 1. The summed E-state index contributed by atoms with van der Waals surface area (Å²) in [5, 5.41) is 13.6. The molecule has 152 valence electrons. The highest BCUT2D eigenvalue weighted by molar-refractivity contribution is 7.99. The lowest BCUT2D eigenvalue weighted by Crippen LogP contribution is -2.16. The SMILES string of the molecule is Cc1ccc(-c2csc(NC(=O)CSc3nnc(-c4ccc(F)cc4)n3N)n2)cc1. The number of thiazole rings is 1. The Labute approximate surface area is 180 Å². The average molecular weight is 441 g/mol. The minimum Gasteiger partial charge on any atom is -0.335 e. The molecule has 0 bridgehead atoms. The number of nitrogens with two attached hydrogens (primary N) is 1. The molecule has 0 fully saturated rings. The molecule has 0 saturated carbocycles. The first kappa shape index (κ1) is 20.0. The van der Waals surface area contributed by atoms with Crippen LogP contribution in [-0.2, 0) is 4.79 Å². The number of nitrogens with zero attached hydrogens (tertiary/aromatic N) is 4. The van der Waals surface area contributed by atoms with Crippen molar-refractivity contribution in [2.45, 2.75) is 12.1 Å². The number of aryl methyl sites for hydroxylation is 1. The maximum atomic E-state index is 13.1. The van der Waals surface area contributed by atoms with E-state index in [-0.39, 0.29) is 17.5 Å². The van der Waals surface area contributed by atoms with Crippen LogP contribution in [0.1, 0.15) is 5.56 Å². The number of carbonyl (C=O) groups is 1. The van der Waals surface area contributed by atoms with Gasteiger partial charge in [0.1, 0.15) is 5.82 Å². The third-order valence-electron chi connectivity index (χ3n) is 4.20. The maximum absolute atomic E-state index is 13.1. The van der Waals surface area contributed by atoms with Gasteiger partial charge in [0.2, 0.25) is 11.1 Å². The lowest BCUT2D eigenvalue weighted by atomic mass is 10.1. The second kappa shape index (κ2) is 8.64. The zero-order chi connectivity index (χ0) is 21.1. The van der Waals surface area contributed by atoms with E-state index in [0.29, 0.717) is 21.7 Å². The quantitative estimate of drug-likeness (QED) is 0.348. The van der Waals surface area contributed by atoms with E-state index in [1.54, 1.807) is 12.1 Å². The van der Waals surface area contributed by atoms with Gasteiger partial charge in [-0.25, -0.2) is 14.1 Å². The Bertz CT molecular complexity index is 1170. The van der Waals surface area contributed by atoms with Gasteiger partial charge in [-0.2, -0.15) is 0 Å². The molecule has 0 atom stereocenters. The molecule has 2 heterocycles. The number of hydrogen-bond acceptors (Lipinski definition) is 7. The van der Waals surface area contributed by atoms with E-state index < -0.39 is 0 Å². The molecule has 10 heteroatoms.